The average molecular weight is 250 g/mol. The van der Waals surface area contributed by atoms with Crippen LogP contribution in [0.15, 0.2) is 24.3 Å². The summed E-state index contributed by atoms with van der Waals surface area (Å²) >= 11 is 0. The van der Waals surface area contributed by atoms with Gasteiger partial charge in [0.2, 0.25) is 5.91 Å². The largest absolute Gasteiger partial charge is 0.494 e. The van der Waals surface area contributed by atoms with E-state index in [1.807, 2.05) is 50.0 Å². The maximum atomic E-state index is 11.8. The van der Waals surface area contributed by atoms with Gasteiger partial charge < -0.3 is 4.74 Å². The van der Waals surface area contributed by atoms with Crippen LogP contribution < -0.4 is 9.75 Å². The van der Waals surface area contributed by atoms with E-state index in [9.17, 15) is 4.79 Å². The molecular weight excluding hydrogens is 228 g/mol. The highest BCUT2D eigenvalue weighted by atomic mass is 16.5. The minimum Gasteiger partial charge on any atom is -0.494 e. The van der Waals surface area contributed by atoms with Gasteiger partial charge in [-0.25, -0.2) is 10.0 Å². The molecule has 0 heterocycles. The van der Waals surface area contributed by atoms with E-state index >= 15 is 0 Å². The van der Waals surface area contributed by atoms with Gasteiger partial charge in [-0.2, -0.15) is 0 Å². The quantitative estimate of drug-likeness (QED) is 0.728. The van der Waals surface area contributed by atoms with Gasteiger partial charge in [0.25, 0.3) is 0 Å². The van der Waals surface area contributed by atoms with E-state index < -0.39 is 0 Å². The van der Waals surface area contributed by atoms with Crippen molar-refractivity contribution in [1.29, 1.82) is 0 Å². The van der Waals surface area contributed by atoms with Gasteiger partial charge in [0, 0.05) is 20.0 Å². The minimum atomic E-state index is 0.0165. The van der Waals surface area contributed by atoms with Crippen molar-refractivity contribution in [3.8, 4) is 5.75 Å². The number of hydrogen-bond donors (Lipinski definition) is 0. The second kappa shape index (κ2) is 7.01. The minimum absolute atomic E-state index is 0.0165. The molecule has 0 aliphatic heterocycles. The molecule has 0 aliphatic carbocycles. The van der Waals surface area contributed by atoms with Gasteiger partial charge >= 0.3 is 0 Å². The van der Waals surface area contributed by atoms with E-state index in [-0.39, 0.29) is 5.91 Å². The zero-order valence-corrected chi connectivity index (χ0v) is 11.6. The lowest BCUT2D eigenvalue weighted by Gasteiger charge is -2.32. The number of benzene rings is 1. The van der Waals surface area contributed by atoms with E-state index in [2.05, 4.69) is 0 Å². The summed E-state index contributed by atoms with van der Waals surface area (Å²) in [6.45, 7) is 9.83. The van der Waals surface area contributed by atoms with Gasteiger partial charge in [0.1, 0.15) is 5.75 Å². The van der Waals surface area contributed by atoms with Crippen molar-refractivity contribution < 1.29 is 9.53 Å². The lowest BCUT2D eigenvalue weighted by molar-refractivity contribution is -0.119. The lowest BCUT2D eigenvalue weighted by atomic mass is 10.3. The van der Waals surface area contributed by atoms with Gasteiger partial charge in [-0.1, -0.05) is 13.8 Å². The highest BCUT2D eigenvalue weighted by molar-refractivity contribution is 5.90. The smallest absolute Gasteiger partial charge is 0.238 e. The number of carbonyl (C=O) groups excluding carboxylic acids is 1. The first-order valence-corrected chi connectivity index (χ1v) is 6.42. The molecule has 0 bridgehead atoms. The SMILES string of the molecule is CCOc1ccc(N(C(C)=O)N(CC)CC)cc1. The molecular formula is C14H22N2O2. The molecule has 4 nitrogen and oxygen atoms in total. The zero-order valence-electron chi connectivity index (χ0n) is 11.6. The van der Waals surface area contributed by atoms with Crippen LogP contribution >= 0.6 is 0 Å². The van der Waals surface area contributed by atoms with Gasteiger partial charge in [-0.15, -0.1) is 0 Å². The van der Waals surface area contributed by atoms with Crippen LogP contribution in [0.25, 0.3) is 0 Å². The standard InChI is InChI=1S/C14H22N2O2/c1-5-15(6-2)16(12(4)17)13-8-10-14(11-9-13)18-7-3/h8-11H,5-7H2,1-4H3. The summed E-state index contributed by atoms with van der Waals surface area (Å²) in [5.41, 5.74) is 0.870. The van der Waals surface area contributed by atoms with Crippen LogP contribution in [0.3, 0.4) is 0 Å². The normalized spacial score (nSPS) is 10.5. The Hall–Kier alpha value is -1.55. The van der Waals surface area contributed by atoms with Crippen molar-refractivity contribution in [3.63, 3.8) is 0 Å². The zero-order chi connectivity index (χ0) is 13.5. The molecule has 1 amide bonds. The molecule has 0 N–H and O–H groups in total. The maximum Gasteiger partial charge on any atom is 0.238 e. The predicted molar refractivity (Wildman–Crippen MR) is 73.7 cm³/mol. The first-order valence-electron chi connectivity index (χ1n) is 6.42. The number of ether oxygens (including phenoxy) is 1. The third kappa shape index (κ3) is 3.47. The summed E-state index contributed by atoms with van der Waals surface area (Å²) in [6, 6.07) is 7.59. The second-order valence-electron chi connectivity index (χ2n) is 3.90. The van der Waals surface area contributed by atoms with Crippen molar-refractivity contribution in [2.45, 2.75) is 27.7 Å². The second-order valence-corrected chi connectivity index (χ2v) is 3.90. The Balaban J connectivity index is 2.95. The Kier molecular flexibility index (Phi) is 5.65. The monoisotopic (exact) mass is 250 g/mol. The lowest BCUT2D eigenvalue weighted by Crippen LogP contribution is -2.45. The summed E-state index contributed by atoms with van der Waals surface area (Å²) < 4.78 is 5.40. The molecule has 1 rings (SSSR count). The van der Waals surface area contributed by atoms with Crippen LogP contribution in [0.5, 0.6) is 5.75 Å². The van der Waals surface area contributed by atoms with Crippen molar-refractivity contribution in [2.24, 2.45) is 0 Å². The predicted octanol–water partition coefficient (Wildman–Crippen LogP) is 2.70. The van der Waals surface area contributed by atoms with E-state index in [4.69, 9.17) is 4.74 Å². The van der Waals surface area contributed by atoms with E-state index in [1.165, 1.54) is 0 Å². The topological polar surface area (TPSA) is 32.8 Å². The number of hydrazine groups is 1. The molecule has 0 aromatic heterocycles. The fourth-order valence-electron chi connectivity index (χ4n) is 1.90. The van der Waals surface area contributed by atoms with Gasteiger partial charge in [0.05, 0.1) is 12.3 Å². The highest BCUT2D eigenvalue weighted by Gasteiger charge is 2.17. The van der Waals surface area contributed by atoms with Crippen LogP contribution in [-0.2, 0) is 4.79 Å². The third-order valence-electron chi connectivity index (χ3n) is 2.70. The van der Waals surface area contributed by atoms with Crippen molar-refractivity contribution >= 4 is 11.6 Å². The van der Waals surface area contributed by atoms with Gasteiger partial charge in [-0.3, -0.25) is 4.79 Å². The Morgan fingerprint density at radius 2 is 1.67 bits per heavy atom. The van der Waals surface area contributed by atoms with E-state index in [0.717, 1.165) is 24.5 Å². The first kappa shape index (κ1) is 14.5. The molecule has 0 atom stereocenters. The summed E-state index contributed by atoms with van der Waals surface area (Å²) in [4.78, 5) is 11.8. The third-order valence-corrected chi connectivity index (χ3v) is 2.70. The fourth-order valence-corrected chi connectivity index (χ4v) is 1.90. The number of anilines is 1. The molecule has 0 saturated heterocycles. The molecule has 0 saturated carbocycles. The number of hydrogen-bond acceptors (Lipinski definition) is 3. The molecule has 0 aliphatic rings. The van der Waals surface area contributed by atoms with Crippen molar-refractivity contribution in [1.82, 2.24) is 5.01 Å². The number of carbonyl (C=O) groups is 1. The fraction of sp³-hybridized carbons (Fsp3) is 0.500. The maximum absolute atomic E-state index is 11.8. The molecule has 1 aromatic rings. The van der Waals surface area contributed by atoms with Crippen molar-refractivity contribution in [2.75, 3.05) is 24.7 Å². The average Bonchev–Trinajstić information content (AvgIpc) is 2.37. The summed E-state index contributed by atoms with van der Waals surface area (Å²) in [6.07, 6.45) is 0. The summed E-state index contributed by atoms with van der Waals surface area (Å²) in [5, 5.41) is 3.70. The number of amides is 1. The van der Waals surface area contributed by atoms with Crippen LogP contribution in [-0.4, -0.2) is 30.6 Å². The molecule has 0 spiro atoms. The molecule has 18 heavy (non-hydrogen) atoms. The molecule has 0 unspecified atom stereocenters. The first-order chi connectivity index (χ1) is 8.63. The molecule has 100 valence electrons. The Morgan fingerprint density at radius 3 is 2.06 bits per heavy atom. The van der Waals surface area contributed by atoms with Crippen molar-refractivity contribution in [3.05, 3.63) is 24.3 Å². The summed E-state index contributed by atoms with van der Waals surface area (Å²) in [7, 11) is 0. The van der Waals surface area contributed by atoms with Crippen LogP contribution in [0.4, 0.5) is 5.69 Å². The van der Waals surface area contributed by atoms with E-state index in [1.54, 1.807) is 11.9 Å². The highest BCUT2D eigenvalue weighted by Crippen LogP contribution is 2.21. The number of nitrogens with zero attached hydrogens (tertiary/aromatic N) is 2. The molecule has 0 fully saturated rings. The Labute approximate surface area is 109 Å². The van der Waals surface area contributed by atoms with Gasteiger partial charge in [-0.05, 0) is 31.2 Å². The summed E-state index contributed by atoms with van der Waals surface area (Å²) in [5.74, 6) is 0.840. The molecule has 1 aromatic carbocycles. The Bertz CT molecular complexity index is 372. The molecule has 4 heteroatoms. The Morgan fingerprint density at radius 1 is 1.11 bits per heavy atom. The van der Waals surface area contributed by atoms with Crippen LogP contribution in [0, 0.1) is 0 Å². The van der Waals surface area contributed by atoms with Crippen LogP contribution in [0.2, 0.25) is 0 Å². The number of rotatable bonds is 6. The van der Waals surface area contributed by atoms with Crippen LogP contribution in [0.1, 0.15) is 27.7 Å². The van der Waals surface area contributed by atoms with E-state index in [0.29, 0.717) is 6.61 Å². The molecule has 0 radical (unpaired) electrons. The van der Waals surface area contributed by atoms with Gasteiger partial charge in [0.15, 0.2) is 0 Å².